The van der Waals surface area contributed by atoms with E-state index in [1.807, 2.05) is 0 Å². The maximum Gasteiger partial charge on any atom is 0.326 e. The number of nitrogens with one attached hydrogen (secondary N) is 3. The normalized spacial score (nSPS) is 14.5. The minimum Gasteiger partial charge on any atom is -0.480 e. The molecule has 0 aromatic heterocycles. The first-order chi connectivity index (χ1) is 15.2. The third-order valence-corrected chi connectivity index (χ3v) is 4.76. The van der Waals surface area contributed by atoms with E-state index in [4.69, 9.17) is 16.6 Å². The quantitative estimate of drug-likeness (QED) is 0.161. The standard InChI is InChI=1S/C21H33N5O6/c1-13(24-19(29)15(23)12-27)18(28)25-16(9-5-6-10-22)20(30)26-17(21(31)32)11-14-7-3-2-4-8-14/h2-4,7-8,13,15-17,27H,5-6,9-12,22-23H2,1H3,(H,24,29)(H,25,28)(H,26,30)(H,31,32). The van der Waals surface area contributed by atoms with Crippen LogP contribution in [0.25, 0.3) is 0 Å². The molecule has 11 nitrogen and oxygen atoms in total. The van der Waals surface area contributed by atoms with Gasteiger partial charge in [0.1, 0.15) is 24.2 Å². The second-order valence-electron chi connectivity index (χ2n) is 7.45. The van der Waals surface area contributed by atoms with Gasteiger partial charge < -0.3 is 37.6 Å². The van der Waals surface area contributed by atoms with Crippen molar-refractivity contribution in [2.45, 2.75) is 56.8 Å². The molecule has 0 aliphatic rings. The molecule has 0 aliphatic carbocycles. The molecule has 0 radical (unpaired) electrons. The van der Waals surface area contributed by atoms with Gasteiger partial charge in [-0.15, -0.1) is 0 Å². The number of aliphatic carboxylic acids is 1. The molecule has 4 atom stereocenters. The van der Waals surface area contributed by atoms with Gasteiger partial charge in [-0.1, -0.05) is 30.3 Å². The number of aliphatic hydroxyl groups excluding tert-OH is 1. The topological polar surface area (TPSA) is 197 Å². The Morgan fingerprint density at radius 1 is 0.938 bits per heavy atom. The summed E-state index contributed by atoms with van der Waals surface area (Å²) in [7, 11) is 0. The van der Waals surface area contributed by atoms with Gasteiger partial charge in [0.2, 0.25) is 17.7 Å². The zero-order valence-corrected chi connectivity index (χ0v) is 18.1. The average molecular weight is 452 g/mol. The van der Waals surface area contributed by atoms with Gasteiger partial charge in [0, 0.05) is 6.42 Å². The molecule has 0 saturated heterocycles. The van der Waals surface area contributed by atoms with E-state index in [-0.39, 0.29) is 12.8 Å². The van der Waals surface area contributed by atoms with Crippen LogP contribution in [0.2, 0.25) is 0 Å². The lowest BCUT2D eigenvalue weighted by Gasteiger charge is -2.23. The highest BCUT2D eigenvalue weighted by molar-refractivity contribution is 5.93. The summed E-state index contributed by atoms with van der Waals surface area (Å²) in [5.41, 5.74) is 11.7. The molecule has 3 amide bonds. The number of carboxylic acid groups (broad SMARTS) is 1. The molecule has 178 valence electrons. The fourth-order valence-corrected chi connectivity index (χ4v) is 2.85. The summed E-state index contributed by atoms with van der Waals surface area (Å²) in [6, 6.07) is 4.44. The number of carboxylic acids is 1. The van der Waals surface area contributed by atoms with Gasteiger partial charge in [0.05, 0.1) is 6.61 Å². The van der Waals surface area contributed by atoms with E-state index in [1.165, 1.54) is 6.92 Å². The molecule has 0 aliphatic heterocycles. The lowest BCUT2D eigenvalue weighted by Crippen LogP contribution is -2.56. The number of unbranched alkanes of at least 4 members (excludes halogenated alkanes) is 1. The van der Waals surface area contributed by atoms with Gasteiger partial charge in [-0.05, 0) is 38.3 Å². The molecule has 0 heterocycles. The van der Waals surface area contributed by atoms with E-state index in [2.05, 4.69) is 16.0 Å². The predicted molar refractivity (Wildman–Crippen MR) is 117 cm³/mol. The average Bonchev–Trinajstić information content (AvgIpc) is 2.77. The molecule has 11 heteroatoms. The van der Waals surface area contributed by atoms with Crippen molar-refractivity contribution in [3.8, 4) is 0 Å². The molecule has 32 heavy (non-hydrogen) atoms. The Labute approximate surface area is 186 Å². The van der Waals surface area contributed by atoms with Crippen LogP contribution in [0, 0.1) is 0 Å². The van der Waals surface area contributed by atoms with Crippen LogP contribution in [0.5, 0.6) is 0 Å². The zero-order valence-electron chi connectivity index (χ0n) is 18.1. The Kier molecular flexibility index (Phi) is 11.9. The lowest BCUT2D eigenvalue weighted by atomic mass is 10.0. The van der Waals surface area contributed by atoms with Crippen molar-refractivity contribution in [2.75, 3.05) is 13.2 Å². The third-order valence-electron chi connectivity index (χ3n) is 4.76. The van der Waals surface area contributed by atoms with Gasteiger partial charge in [0.15, 0.2) is 0 Å². The molecule has 9 N–H and O–H groups in total. The molecule has 1 aromatic rings. The molecule has 0 saturated carbocycles. The van der Waals surface area contributed by atoms with Crippen molar-refractivity contribution >= 4 is 23.7 Å². The highest BCUT2D eigenvalue weighted by Crippen LogP contribution is 2.06. The van der Waals surface area contributed by atoms with Crippen LogP contribution < -0.4 is 27.4 Å². The zero-order chi connectivity index (χ0) is 24.1. The van der Waals surface area contributed by atoms with Crippen molar-refractivity contribution in [3.05, 3.63) is 35.9 Å². The van der Waals surface area contributed by atoms with Crippen LogP contribution in [0.1, 0.15) is 31.7 Å². The van der Waals surface area contributed by atoms with Crippen LogP contribution in [-0.2, 0) is 25.6 Å². The molecule has 1 rings (SSSR count). The minimum absolute atomic E-state index is 0.0802. The largest absolute Gasteiger partial charge is 0.480 e. The van der Waals surface area contributed by atoms with Crippen LogP contribution in [0.15, 0.2) is 30.3 Å². The second-order valence-corrected chi connectivity index (χ2v) is 7.45. The summed E-state index contributed by atoms with van der Waals surface area (Å²) >= 11 is 0. The minimum atomic E-state index is -1.20. The number of nitrogens with two attached hydrogens (primary N) is 2. The van der Waals surface area contributed by atoms with E-state index >= 15 is 0 Å². The molecule has 1 aromatic carbocycles. The SMILES string of the molecule is CC(NC(=O)C(N)CO)C(=O)NC(CCCCN)C(=O)NC(Cc1ccccc1)C(=O)O. The number of rotatable bonds is 14. The number of hydrogen-bond acceptors (Lipinski definition) is 7. The number of carbonyl (C=O) groups is 4. The number of hydrogen-bond donors (Lipinski definition) is 7. The van der Waals surface area contributed by atoms with Gasteiger partial charge in [-0.25, -0.2) is 4.79 Å². The van der Waals surface area contributed by atoms with E-state index in [1.54, 1.807) is 30.3 Å². The van der Waals surface area contributed by atoms with Gasteiger partial charge in [-0.3, -0.25) is 14.4 Å². The number of carbonyl (C=O) groups excluding carboxylic acids is 3. The smallest absolute Gasteiger partial charge is 0.326 e. The van der Waals surface area contributed by atoms with Crippen LogP contribution in [0.3, 0.4) is 0 Å². The van der Waals surface area contributed by atoms with Gasteiger partial charge in [0.25, 0.3) is 0 Å². The summed E-state index contributed by atoms with van der Waals surface area (Å²) in [6.07, 6.45) is 1.46. The van der Waals surface area contributed by atoms with Crippen LogP contribution in [0.4, 0.5) is 0 Å². The second kappa shape index (κ2) is 14.1. The lowest BCUT2D eigenvalue weighted by molar-refractivity contribution is -0.142. The number of amides is 3. The highest BCUT2D eigenvalue weighted by atomic mass is 16.4. The molecule has 0 spiro atoms. The Morgan fingerprint density at radius 2 is 1.56 bits per heavy atom. The molecular weight excluding hydrogens is 418 g/mol. The van der Waals surface area contributed by atoms with E-state index in [0.29, 0.717) is 19.4 Å². The van der Waals surface area contributed by atoms with E-state index in [9.17, 15) is 24.3 Å². The third kappa shape index (κ3) is 9.41. The van der Waals surface area contributed by atoms with E-state index < -0.39 is 54.5 Å². The maximum absolute atomic E-state index is 12.8. The van der Waals surface area contributed by atoms with Gasteiger partial charge >= 0.3 is 5.97 Å². The molecule has 0 fully saturated rings. The van der Waals surface area contributed by atoms with Crippen LogP contribution in [-0.4, -0.2) is 71.2 Å². The Morgan fingerprint density at radius 3 is 2.12 bits per heavy atom. The van der Waals surface area contributed by atoms with Gasteiger partial charge in [-0.2, -0.15) is 0 Å². The first kappa shape index (κ1) is 27.0. The highest BCUT2D eigenvalue weighted by Gasteiger charge is 2.28. The summed E-state index contributed by atoms with van der Waals surface area (Å²) in [6.45, 7) is 1.23. The van der Waals surface area contributed by atoms with Crippen molar-refractivity contribution < 1.29 is 29.4 Å². The van der Waals surface area contributed by atoms with Crippen molar-refractivity contribution in [2.24, 2.45) is 11.5 Å². The van der Waals surface area contributed by atoms with Crippen LogP contribution >= 0.6 is 0 Å². The Balaban J connectivity index is 2.83. The molecule has 4 unspecified atom stereocenters. The fourth-order valence-electron chi connectivity index (χ4n) is 2.85. The maximum atomic E-state index is 12.8. The summed E-state index contributed by atoms with van der Waals surface area (Å²) in [5, 5.41) is 25.8. The van der Waals surface area contributed by atoms with Crippen molar-refractivity contribution in [3.63, 3.8) is 0 Å². The number of benzene rings is 1. The summed E-state index contributed by atoms with van der Waals surface area (Å²) in [5.74, 6) is -3.21. The molecular formula is C21H33N5O6. The molecule has 0 bridgehead atoms. The first-order valence-corrected chi connectivity index (χ1v) is 10.4. The van der Waals surface area contributed by atoms with E-state index in [0.717, 1.165) is 5.56 Å². The Hall–Kier alpha value is -3.02. The van der Waals surface area contributed by atoms with Crippen molar-refractivity contribution in [1.82, 2.24) is 16.0 Å². The number of aliphatic hydroxyl groups is 1. The predicted octanol–water partition coefficient (Wildman–Crippen LogP) is -1.76. The summed E-state index contributed by atoms with van der Waals surface area (Å²) in [4.78, 5) is 48.8. The van der Waals surface area contributed by atoms with Crippen molar-refractivity contribution in [1.29, 1.82) is 0 Å². The monoisotopic (exact) mass is 451 g/mol. The fraction of sp³-hybridized carbons (Fsp3) is 0.524. The first-order valence-electron chi connectivity index (χ1n) is 10.4. The Bertz CT molecular complexity index is 760. The summed E-state index contributed by atoms with van der Waals surface area (Å²) < 4.78 is 0.